The van der Waals surface area contributed by atoms with Crippen molar-refractivity contribution in [3.8, 4) is 0 Å². The molecule has 4 aromatic carbocycles. The van der Waals surface area contributed by atoms with Crippen molar-refractivity contribution in [2.24, 2.45) is 0 Å². The second-order valence-electron chi connectivity index (χ2n) is 11.1. The molecule has 0 spiro atoms. The average Bonchev–Trinajstić information content (AvgIpc) is 3.11. The van der Waals surface area contributed by atoms with Gasteiger partial charge in [-0.3, -0.25) is 0 Å². The molecule has 0 aromatic heterocycles. The van der Waals surface area contributed by atoms with Crippen molar-refractivity contribution >= 4 is 5.97 Å². The van der Waals surface area contributed by atoms with E-state index in [1.807, 2.05) is 103 Å². The Morgan fingerprint density at radius 3 is 1.74 bits per heavy atom. The molecular weight excluding hydrogens is 580 g/mol. The van der Waals surface area contributed by atoms with Crippen LogP contribution in [-0.4, -0.2) is 49.9 Å². The minimum Gasteiger partial charge on any atom is -0.450 e. The van der Waals surface area contributed by atoms with Gasteiger partial charge >= 0.3 is 5.97 Å². The Morgan fingerprint density at radius 2 is 1.17 bits per heavy atom. The summed E-state index contributed by atoms with van der Waals surface area (Å²) in [5, 5.41) is 0. The molecule has 1 aliphatic heterocycles. The highest BCUT2D eigenvalue weighted by molar-refractivity contribution is 5.89. The lowest BCUT2D eigenvalue weighted by molar-refractivity contribution is -0.317. The van der Waals surface area contributed by atoms with E-state index in [-0.39, 0.29) is 13.2 Å². The van der Waals surface area contributed by atoms with Crippen LogP contribution in [0.4, 0.5) is 0 Å². The van der Waals surface area contributed by atoms with Gasteiger partial charge in [0.1, 0.15) is 18.3 Å². The largest absolute Gasteiger partial charge is 0.450 e. The van der Waals surface area contributed by atoms with Crippen LogP contribution < -0.4 is 0 Å². The monoisotopic (exact) mass is 622 g/mol. The minimum atomic E-state index is -0.925. The number of rotatable bonds is 17. The highest BCUT2D eigenvalue weighted by Gasteiger charge is 2.50. The Bertz CT molecular complexity index is 1430. The fraction of sp³-hybridized carbons (Fsp3) is 0.308. The standard InChI is InChI=1S/C39H42O7/c1-2-3-16-25-42-39-37(46-38(40)33-23-14-7-15-24-33)36(44-28-32-21-12-6-13-22-32)35(43-27-31-19-10-5-11-20-31)34(45-39)29-41-26-30-17-8-4-9-18-30/h2,4-15,17-24,34-37,39H,1,3,16,25-29H2/t34-,35-,36+,37+,39+/m1/s1. The summed E-state index contributed by atoms with van der Waals surface area (Å²) in [7, 11) is 0. The lowest BCUT2D eigenvalue weighted by Gasteiger charge is -2.45. The molecule has 1 aliphatic rings. The van der Waals surface area contributed by atoms with Crippen LogP contribution >= 0.6 is 0 Å². The summed E-state index contributed by atoms with van der Waals surface area (Å²) in [5.74, 6) is -0.497. The molecule has 0 N–H and O–H groups in total. The molecule has 0 amide bonds. The highest BCUT2D eigenvalue weighted by atomic mass is 16.7. The molecule has 1 saturated heterocycles. The van der Waals surface area contributed by atoms with Gasteiger partial charge in [-0.1, -0.05) is 115 Å². The molecule has 0 radical (unpaired) electrons. The molecular formula is C39H42O7. The molecule has 1 heterocycles. The SMILES string of the molecule is C=CCCCO[C@H]1O[C@H](COCc2ccccc2)[C@@H](OCc2ccccc2)[C@H](OCc2ccccc2)[C@@H]1OC(=O)c1ccccc1. The van der Waals surface area contributed by atoms with Crippen molar-refractivity contribution in [2.75, 3.05) is 13.2 Å². The van der Waals surface area contributed by atoms with E-state index in [1.54, 1.807) is 24.3 Å². The number of carbonyl (C=O) groups excluding carboxylic acids is 1. The predicted molar refractivity (Wildman–Crippen MR) is 176 cm³/mol. The Labute approximate surface area is 271 Å². The zero-order valence-corrected chi connectivity index (χ0v) is 26.0. The molecule has 46 heavy (non-hydrogen) atoms. The highest BCUT2D eigenvalue weighted by Crippen LogP contribution is 2.32. The Balaban J connectivity index is 1.45. The number of ether oxygens (including phenoxy) is 6. The summed E-state index contributed by atoms with van der Waals surface area (Å²) < 4.78 is 38.5. The van der Waals surface area contributed by atoms with Crippen molar-refractivity contribution in [3.05, 3.63) is 156 Å². The van der Waals surface area contributed by atoms with E-state index in [9.17, 15) is 4.79 Å². The maximum atomic E-state index is 13.5. The first-order valence-corrected chi connectivity index (χ1v) is 15.8. The fourth-order valence-electron chi connectivity index (χ4n) is 5.26. The third kappa shape index (κ3) is 9.94. The van der Waals surface area contributed by atoms with Crippen LogP contribution in [0.25, 0.3) is 0 Å². The quantitative estimate of drug-likeness (QED) is 0.0695. The van der Waals surface area contributed by atoms with Gasteiger partial charge in [0.05, 0.1) is 38.6 Å². The van der Waals surface area contributed by atoms with Crippen LogP contribution in [0.15, 0.2) is 134 Å². The maximum absolute atomic E-state index is 13.5. The van der Waals surface area contributed by atoms with Gasteiger partial charge in [0.15, 0.2) is 12.4 Å². The first kappa shape index (κ1) is 33.3. The number of allylic oxidation sites excluding steroid dienone is 1. The van der Waals surface area contributed by atoms with E-state index < -0.39 is 36.7 Å². The molecule has 240 valence electrons. The first-order chi connectivity index (χ1) is 22.7. The van der Waals surface area contributed by atoms with Crippen LogP contribution in [0, 0.1) is 0 Å². The molecule has 0 bridgehead atoms. The van der Waals surface area contributed by atoms with E-state index in [1.165, 1.54) is 0 Å². The molecule has 1 fully saturated rings. The van der Waals surface area contributed by atoms with Gasteiger partial charge in [0.25, 0.3) is 0 Å². The van der Waals surface area contributed by atoms with Crippen molar-refractivity contribution in [1.82, 2.24) is 0 Å². The fourth-order valence-corrected chi connectivity index (χ4v) is 5.26. The maximum Gasteiger partial charge on any atom is 0.338 e. The van der Waals surface area contributed by atoms with Crippen LogP contribution in [0.1, 0.15) is 39.9 Å². The van der Waals surface area contributed by atoms with Crippen LogP contribution in [0.2, 0.25) is 0 Å². The van der Waals surface area contributed by atoms with Crippen LogP contribution in [0.5, 0.6) is 0 Å². The average molecular weight is 623 g/mol. The summed E-state index contributed by atoms with van der Waals surface area (Å²) in [4.78, 5) is 13.5. The van der Waals surface area contributed by atoms with Crippen molar-refractivity contribution in [3.63, 3.8) is 0 Å². The number of hydrogen-bond donors (Lipinski definition) is 0. The zero-order valence-electron chi connectivity index (χ0n) is 26.0. The summed E-state index contributed by atoms with van der Waals surface area (Å²) in [5.41, 5.74) is 3.44. The number of esters is 1. The molecule has 0 aliphatic carbocycles. The van der Waals surface area contributed by atoms with Gasteiger partial charge in [0.2, 0.25) is 0 Å². The number of hydrogen-bond acceptors (Lipinski definition) is 7. The number of carbonyl (C=O) groups is 1. The van der Waals surface area contributed by atoms with Crippen molar-refractivity contribution in [1.29, 1.82) is 0 Å². The van der Waals surface area contributed by atoms with Crippen molar-refractivity contribution < 1.29 is 33.2 Å². The van der Waals surface area contributed by atoms with Gasteiger partial charge in [-0.2, -0.15) is 0 Å². The van der Waals surface area contributed by atoms with E-state index in [4.69, 9.17) is 28.4 Å². The zero-order chi connectivity index (χ0) is 31.8. The molecule has 5 atom stereocenters. The van der Waals surface area contributed by atoms with E-state index in [0.29, 0.717) is 25.4 Å². The molecule has 0 unspecified atom stereocenters. The van der Waals surface area contributed by atoms with Gasteiger partial charge in [-0.05, 0) is 41.7 Å². The van der Waals surface area contributed by atoms with E-state index in [2.05, 4.69) is 6.58 Å². The lowest BCUT2D eigenvalue weighted by Crippen LogP contribution is -2.62. The smallest absolute Gasteiger partial charge is 0.338 e. The topological polar surface area (TPSA) is 72.5 Å². The van der Waals surface area contributed by atoms with Gasteiger partial charge < -0.3 is 28.4 Å². The van der Waals surface area contributed by atoms with Gasteiger partial charge in [-0.25, -0.2) is 4.79 Å². The van der Waals surface area contributed by atoms with Gasteiger partial charge in [0, 0.05) is 0 Å². The van der Waals surface area contributed by atoms with Crippen LogP contribution in [0.3, 0.4) is 0 Å². The summed E-state index contributed by atoms with van der Waals surface area (Å²) in [6.45, 7) is 5.39. The normalized spacial score (nSPS) is 21.0. The molecule has 5 rings (SSSR count). The van der Waals surface area contributed by atoms with E-state index in [0.717, 1.165) is 29.5 Å². The molecule has 7 nitrogen and oxygen atoms in total. The Kier molecular flexibility index (Phi) is 13.1. The summed E-state index contributed by atoms with van der Waals surface area (Å²) in [6, 6.07) is 38.6. The summed E-state index contributed by atoms with van der Waals surface area (Å²) in [6.07, 6.45) is -0.447. The molecule has 7 heteroatoms. The Hall–Kier alpha value is -4.11. The van der Waals surface area contributed by atoms with E-state index >= 15 is 0 Å². The minimum absolute atomic E-state index is 0.214. The second kappa shape index (κ2) is 18.1. The van der Waals surface area contributed by atoms with Crippen LogP contribution in [-0.2, 0) is 48.2 Å². The van der Waals surface area contributed by atoms with Gasteiger partial charge in [-0.15, -0.1) is 6.58 Å². The molecule has 4 aromatic rings. The first-order valence-electron chi connectivity index (χ1n) is 15.8. The molecule has 0 saturated carbocycles. The lowest BCUT2D eigenvalue weighted by atomic mass is 9.97. The third-order valence-corrected chi connectivity index (χ3v) is 7.64. The Morgan fingerprint density at radius 1 is 0.652 bits per heavy atom. The number of unbranched alkanes of at least 4 members (excludes halogenated alkanes) is 1. The third-order valence-electron chi connectivity index (χ3n) is 7.64. The number of benzene rings is 4. The summed E-state index contributed by atoms with van der Waals surface area (Å²) >= 11 is 0. The second-order valence-corrected chi connectivity index (χ2v) is 11.1. The van der Waals surface area contributed by atoms with Crippen molar-refractivity contribution in [2.45, 2.75) is 63.4 Å². The predicted octanol–water partition coefficient (Wildman–Crippen LogP) is 7.31.